The van der Waals surface area contributed by atoms with Crippen molar-refractivity contribution in [3.8, 4) is 11.3 Å². The predicted molar refractivity (Wildman–Crippen MR) is 72.2 cm³/mol. The van der Waals surface area contributed by atoms with Crippen molar-refractivity contribution in [2.24, 2.45) is 0 Å². The van der Waals surface area contributed by atoms with Crippen LogP contribution in [0.3, 0.4) is 0 Å². The van der Waals surface area contributed by atoms with Crippen LogP contribution in [-0.4, -0.2) is 11.2 Å². The first-order chi connectivity index (χ1) is 8.06. The van der Waals surface area contributed by atoms with Crippen LogP contribution >= 0.6 is 27.5 Å². The van der Waals surface area contributed by atoms with Gasteiger partial charge in [0.1, 0.15) is 11.5 Å². The Morgan fingerprint density at radius 2 is 2.12 bits per heavy atom. The van der Waals surface area contributed by atoms with Gasteiger partial charge < -0.3 is 9.52 Å². The highest BCUT2D eigenvalue weighted by molar-refractivity contribution is 9.10. The van der Waals surface area contributed by atoms with Gasteiger partial charge >= 0.3 is 0 Å². The Labute approximate surface area is 113 Å². The van der Waals surface area contributed by atoms with Crippen molar-refractivity contribution >= 4 is 27.5 Å². The van der Waals surface area contributed by atoms with Gasteiger partial charge in [-0.2, -0.15) is 0 Å². The Hall–Kier alpha value is -0.770. The fourth-order valence-corrected chi connectivity index (χ4v) is 2.49. The summed E-state index contributed by atoms with van der Waals surface area (Å²) in [5, 5.41) is 9.97. The average molecular weight is 316 g/mol. The van der Waals surface area contributed by atoms with Crippen LogP contribution in [0.25, 0.3) is 11.3 Å². The molecule has 0 aliphatic carbocycles. The fraction of sp³-hybridized carbons (Fsp3) is 0.231. The number of aliphatic hydroxyl groups excluding tert-OH is 1. The van der Waals surface area contributed by atoms with Gasteiger partial charge in [-0.1, -0.05) is 11.6 Å². The Morgan fingerprint density at radius 1 is 1.35 bits per heavy atom. The van der Waals surface area contributed by atoms with Crippen LogP contribution in [0.2, 0.25) is 5.02 Å². The van der Waals surface area contributed by atoms with E-state index in [1.165, 1.54) is 0 Å². The molecule has 0 saturated heterocycles. The highest BCUT2D eigenvalue weighted by Crippen LogP contribution is 2.31. The van der Waals surface area contributed by atoms with Gasteiger partial charge in [-0.3, -0.25) is 0 Å². The van der Waals surface area contributed by atoms with E-state index in [2.05, 4.69) is 15.9 Å². The number of halogens is 2. The zero-order valence-corrected chi connectivity index (χ0v) is 11.6. The summed E-state index contributed by atoms with van der Waals surface area (Å²) >= 11 is 9.33. The maximum atomic E-state index is 9.29. The van der Waals surface area contributed by atoms with Crippen LogP contribution in [0, 0.1) is 0 Å². The monoisotopic (exact) mass is 314 g/mol. The lowest BCUT2D eigenvalue weighted by Crippen LogP contribution is -2.02. The predicted octanol–water partition coefficient (Wildman–Crippen LogP) is 4.29. The Kier molecular flexibility index (Phi) is 3.92. The molecule has 1 heterocycles. The molecule has 0 aliphatic rings. The minimum atomic E-state index is -0.400. The van der Waals surface area contributed by atoms with Gasteiger partial charge in [0.2, 0.25) is 0 Å². The van der Waals surface area contributed by atoms with Crippen LogP contribution in [0.4, 0.5) is 0 Å². The minimum absolute atomic E-state index is 0.400. The van der Waals surface area contributed by atoms with Crippen LogP contribution in [0.5, 0.6) is 0 Å². The van der Waals surface area contributed by atoms with Crippen molar-refractivity contribution in [3.63, 3.8) is 0 Å². The molecule has 1 atom stereocenters. The van der Waals surface area contributed by atoms with Gasteiger partial charge in [0.05, 0.1) is 6.10 Å². The highest BCUT2D eigenvalue weighted by Gasteiger charge is 2.10. The van der Waals surface area contributed by atoms with Crippen molar-refractivity contribution in [2.75, 3.05) is 0 Å². The zero-order valence-electron chi connectivity index (χ0n) is 9.28. The Balaban J connectivity index is 2.30. The molecular weight excluding hydrogens is 303 g/mol. The molecule has 1 aromatic heterocycles. The first kappa shape index (κ1) is 12.7. The third-order valence-corrected chi connectivity index (χ3v) is 3.25. The van der Waals surface area contributed by atoms with E-state index < -0.39 is 6.10 Å². The largest absolute Gasteiger partial charge is 0.461 e. The maximum absolute atomic E-state index is 9.29. The third-order valence-electron chi connectivity index (χ3n) is 2.35. The molecule has 0 spiro atoms. The fourth-order valence-electron chi connectivity index (χ4n) is 1.61. The van der Waals surface area contributed by atoms with Crippen molar-refractivity contribution in [2.45, 2.75) is 19.4 Å². The second kappa shape index (κ2) is 5.25. The lowest BCUT2D eigenvalue weighted by atomic mass is 10.2. The van der Waals surface area contributed by atoms with Crippen LogP contribution < -0.4 is 0 Å². The number of aliphatic hydroxyl groups is 1. The smallest absolute Gasteiger partial charge is 0.135 e. The van der Waals surface area contributed by atoms with E-state index in [-0.39, 0.29) is 0 Å². The molecule has 0 fully saturated rings. The van der Waals surface area contributed by atoms with Crippen molar-refractivity contribution in [1.29, 1.82) is 0 Å². The molecule has 1 unspecified atom stereocenters. The molecule has 4 heteroatoms. The second-order valence-electron chi connectivity index (χ2n) is 3.94. The van der Waals surface area contributed by atoms with E-state index in [1.54, 1.807) is 6.92 Å². The number of hydrogen-bond donors (Lipinski definition) is 1. The van der Waals surface area contributed by atoms with E-state index in [0.29, 0.717) is 11.4 Å². The topological polar surface area (TPSA) is 33.4 Å². The van der Waals surface area contributed by atoms with E-state index in [0.717, 1.165) is 21.6 Å². The maximum Gasteiger partial charge on any atom is 0.135 e. The van der Waals surface area contributed by atoms with Crippen molar-refractivity contribution < 1.29 is 9.52 Å². The average Bonchev–Trinajstić information content (AvgIpc) is 2.65. The molecule has 1 N–H and O–H groups in total. The SMILES string of the molecule is CC(O)Cc1ccc(-c2ccc(Cl)cc2Br)o1. The van der Waals surface area contributed by atoms with Gasteiger partial charge in [-0.15, -0.1) is 0 Å². The first-order valence-corrected chi connectivity index (χ1v) is 6.45. The van der Waals surface area contributed by atoms with Gasteiger partial charge in [-0.05, 0) is 53.2 Å². The summed E-state index contributed by atoms with van der Waals surface area (Å²) in [7, 11) is 0. The number of benzene rings is 1. The molecule has 17 heavy (non-hydrogen) atoms. The lowest BCUT2D eigenvalue weighted by molar-refractivity contribution is 0.187. The van der Waals surface area contributed by atoms with Crippen molar-refractivity contribution in [1.82, 2.24) is 0 Å². The van der Waals surface area contributed by atoms with E-state index in [4.69, 9.17) is 16.0 Å². The van der Waals surface area contributed by atoms with Gasteiger partial charge in [-0.25, -0.2) is 0 Å². The van der Waals surface area contributed by atoms with Crippen LogP contribution in [0.15, 0.2) is 39.2 Å². The lowest BCUT2D eigenvalue weighted by Gasteiger charge is -2.02. The van der Waals surface area contributed by atoms with E-state index in [9.17, 15) is 5.11 Å². The molecular formula is C13H12BrClO2. The number of furan rings is 1. The molecule has 0 radical (unpaired) electrons. The third kappa shape index (κ3) is 3.12. The van der Waals surface area contributed by atoms with Gasteiger partial charge in [0, 0.05) is 21.5 Å². The molecule has 2 nitrogen and oxygen atoms in total. The highest BCUT2D eigenvalue weighted by atomic mass is 79.9. The first-order valence-electron chi connectivity index (χ1n) is 5.28. The van der Waals surface area contributed by atoms with E-state index >= 15 is 0 Å². The summed E-state index contributed by atoms with van der Waals surface area (Å²) in [5.41, 5.74) is 0.950. The normalized spacial score (nSPS) is 12.7. The van der Waals surface area contributed by atoms with Gasteiger partial charge in [0.15, 0.2) is 0 Å². The minimum Gasteiger partial charge on any atom is -0.461 e. The Morgan fingerprint density at radius 3 is 2.76 bits per heavy atom. The second-order valence-corrected chi connectivity index (χ2v) is 5.23. The number of rotatable bonds is 3. The van der Waals surface area contributed by atoms with E-state index in [1.807, 2.05) is 30.3 Å². The summed E-state index contributed by atoms with van der Waals surface area (Å²) in [6.07, 6.45) is 0.119. The van der Waals surface area contributed by atoms with Crippen LogP contribution in [-0.2, 0) is 6.42 Å². The van der Waals surface area contributed by atoms with Gasteiger partial charge in [0.25, 0.3) is 0 Å². The number of hydrogen-bond acceptors (Lipinski definition) is 2. The molecule has 0 saturated carbocycles. The molecule has 0 aliphatic heterocycles. The zero-order chi connectivity index (χ0) is 12.4. The molecule has 2 rings (SSSR count). The molecule has 1 aromatic carbocycles. The van der Waals surface area contributed by atoms with Crippen LogP contribution in [0.1, 0.15) is 12.7 Å². The quantitative estimate of drug-likeness (QED) is 0.917. The molecule has 0 bridgehead atoms. The molecule has 90 valence electrons. The standard InChI is InChI=1S/C13H12BrClO2/c1-8(16)6-10-3-5-13(17-10)11-4-2-9(15)7-12(11)14/h2-5,7-8,16H,6H2,1H3. The summed E-state index contributed by atoms with van der Waals surface area (Å²) in [6, 6.07) is 9.32. The summed E-state index contributed by atoms with van der Waals surface area (Å²) in [5.74, 6) is 1.54. The Bertz CT molecular complexity index is 520. The van der Waals surface area contributed by atoms with Crippen molar-refractivity contribution in [3.05, 3.63) is 45.6 Å². The summed E-state index contributed by atoms with van der Waals surface area (Å²) < 4.78 is 6.56. The summed E-state index contributed by atoms with van der Waals surface area (Å²) in [6.45, 7) is 1.74. The molecule has 0 amide bonds. The summed E-state index contributed by atoms with van der Waals surface area (Å²) in [4.78, 5) is 0. The molecule has 2 aromatic rings.